The SMILES string of the molecule is CCOC(=O)C=C(Nc1ccc(-c2cnco2)c(OC)c1)c1ccccc1C. The zero-order valence-corrected chi connectivity index (χ0v) is 16.1. The number of aryl methyl sites for hydroxylation is 1. The highest BCUT2D eigenvalue weighted by Gasteiger charge is 2.13. The maximum absolute atomic E-state index is 12.1. The molecule has 0 spiro atoms. The highest BCUT2D eigenvalue weighted by atomic mass is 16.5. The van der Waals surface area contributed by atoms with E-state index in [1.807, 2.05) is 49.4 Å². The second-order valence-corrected chi connectivity index (χ2v) is 6.03. The van der Waals surface area contributed by atoms with Crippen molar-refractivity contribution in [2.75, 3.05) is 19.0 Å². The van der Waals surface area contributed by atoms with Gasteiger partial charge < -0.3 is 19.2 Å². The Hall–Kier alpha value is -3.54. The number of hydrogen-bond acceptors (Lipinski definition) is 6. The molecule has 0 saturated heterocycles. The number of aromatic nitrogens is 1. The zero-order chi connectivity index (χ0) is 19.9. The Morgan fingerprint density at radius 2 is 2.07 bits per heavy atom. The maximum atomic E-state index is 12.1. The second kappa shape index (κ2) is 8.90. The standard InChI is InChI=1S/C22H22N2O4/c1-4-27-22(25)12-19(17-8-6-5-7-15(17)2)24-16-9-10-18(20(11-16)26-3)21-13-23-14-28-21/h5-14,24H,4H2,1-3H3. The van der Waals surface area contributed by atoms with E-state index in [1.54, 1.807) is 20.2 Å². The molecule has 0 aliphatic heterocycles. The van der Waals surface area contributed by atoms with Crippen LogP contribution in [0.3, 0.4) is 0 Å². The van der Waals surface area contributed by atoms with Crippen LogP contribution in [0.5, 0.6) is 5.75 Å². The van der Waals surface area contributed by atoms with Crippen molar-refractivity contribution < 1.29 is 18.7 Å². The van der Waals surface area contributed by atoms with Crippen molar-refractivity contribution in [1.82, 2.24) is 4.98 Å². The summed E-state index contributed by atoms with van der Waals surface area (Å²) >= 11 is 0. The van der Waals surface area contributed by atoms with Crippen LogP contribution in [0.25, 0.3) is 17.0 Å². The molecule has 0 saturated carbocycles. The number of carbonyl (C=O) groups excluding carboxylic acids is 1. The average molecular weight is 378 g/mol. The highest BCUT2D eigenvalue weighted by Crippen LogP contribution is 2.33. The molecule has 144 valence electrons. The Morgan fingerprint density at radius 1 is 1.25 bits per heavy atom. The summed E-state index contributed by atoms with van der Waals surface area (Å²) in [5.41, 5.74) is 4.15. The third-order valence-corrected chi connectivity index (χ3v) is 4.16. The minimum atomic E-state index is -0.404. The van der Waals surface area contributed by atoms with Crippen LogP contribution < -0.4 is 10.1 Å². The average Bonchev–Trinajstić information content (AvgIpc) is 3.22. The molecule has 0 unspecified atom stereocenters. The number of oxazole rings is 1. The van der Waals surface area contributed by atoms with Gasteiger partial charge in [0, 0.05) is 23.4 Å². The summed E-state index contributed by atoms with van der Waals surface area (Å²) in [7, 11) is 1.59. The van der Waals surface area contributed by atoms with E-state index in [4.69, 9.17) is 13.9 Å². The molecular weight excluding hydrogens is 356 g/mol. The lowest BCUT2D eigenvalue weighted by atomic mass is 10.0. The Labute approximate surface area is 163 Å². The fourth-order valence-corrected chi connectivity index (χ4v) is 2.83. The number of rotatable bonds is 7. The van der Waals surface area contributed by atoms with Crippen LogP contribution in [-0.4, -0.2) is 24.7 Å². The third-order valence-electron chi connectivity index (χ3n) is 4.16. The van der Waals surface area contributed by atoms with E-state index in [0.717, 1.165) is 22.4 Å². The fraction of sp³-hybridized carbons (Fsp3) is 0.182. The van der Waals surface area contributed by atoms with Crippen LogP contribution >= 0.6 is 0 Å². The van der Waals surface area contributed by atoms with Gasteiger partial charge in [0.15, 0.2) is 12.2 Å². The van der Waals surface area contributed by atoms with E-state index in [9.17, 15) is 4.79 Å². The van der Waals surface area contributed by atoms with Crippen molar-refractivity contribution in [2.45, 2.75) is 13.8 Å². The maximum Gasteiger partial charge on any atom is 0.332 e. The molecule has 0 bridgehead atoms. The van der Waals surface area contributed by atoms with E-state index >= 15 is 0 Å². The summed E-state index contributed by atoms with van der Waals surface area (Å²) in [4.78, 5) is 16.0. The minimum Gasteiger partial charge on any atom is -0.496 e. The van der Waals surface area contributed by atoms with Crippen molar-refractivity contribution >= 4 is 17.4 Å². The lowest BCUT2D eigenvalue weighted by Crippen LogP contribution is -2.07. The smallest absolute Gasteiger partial charge is 0.332 e. The number of nitrogens with zero attached hydrogens (tertiary/aromatic N) is 1. The fourth-order valence-electron chi connectivity index (χ4n) is 2.83. The van der Waals surface area contributed by atoms with Gasteiger partial charge in [0.2, 0.25) is 0 Å². The number of esters is 1. The first-order valence-corrected chi connectivity index (χ1v) is 8.90. The third kappa shape index (κ3) is 4.40. The van der Waals surface area contributed by atoms with Crippen molar-refractivity contribution in [3.63, 3.8) is 0 Å². The number of benzene rings is 2. The first-order valence-electron chi connectivity index (χ1n) is 8.90. The van der Waals surface area contributed by atoms with Gasteiger partial charge >= 0.3 is 5.97 Å². The molecule has 3 aromatic rings. The number of methoxy groups -OCH3 is 1. The van der Waals surface area contributed by atoms with Crippen LogP contribution in [0.2, 0.25) is 0 Å². The second-order valence-electron chi connectivity index (χ2n) is 6.03. The zero-order valence-electron chi connectivity index (χ0n) is 16.1. The molecule has 6 heteroatoms. The van der Waals surface area contributed by atoms with Crippen molar-refractivity contribution in [3.05, 3.63) is 72.3 Å². The molecule has 3 rings (SSSR count). The Kier molecular flexibility index (Phi) is 6.11. The van der Waals surface area contributed by atoms with Crippen molar-refractivity contribution in [3.8, 4) is 17.1 Å². The molecule has 0 radical (unpaired) electrons. The molecule has 0 aliphatic carbocycles. The van der Waals surface area contributed by atoms with Crippen LogP contribution in [0, 0.1) is 6.92 Å². The van der Waals surface area contributed by atoms with Crippen LogP contribution in [0.4, 0.5) is 5.69 Å². The van der Waals surface area contributed by atoms with Gasteiger partial charge in [-0.25, -0.2) is 9.78 Å². The van der Waals surface area contributed by atoms with Gasteiger partial charge in [0.05, 0.1) is 31.2 Å². The highest BCUT2D eigenvalue weighted by molar-refractivity contribution is 5.95. The molecule has 6 nitrogen and oxygen atoms in total. The Morgan fingerprint density at radius 3 is 2.75 bits per heavy atom. The Balaban J connectivity index is 1.97. The summed E-state index contributed by atoms with van der Waals surface area (Å²) in [5, 5.41) is 3.31. The topological polar surface area (TPSA) is 73.6 Å². The van der Waals surface area contributed by atoms with Gasteiger partial charge in [-0.15, -0.1) is 0 Å². The monoisotopic (exact) mass is 378 g/mol. The lowest BCUT2D eigenvalue weighted by Gasteiger charge is -2.15. The predicted molar refractivity (Wildman–Crippen MR) is 108 cm³/mol. The first-order chi connectivity index (χ1) is 13.6. The van der Waals surface area contributed by atoms with Gasteiger partial charge in [0.25, 0.3) is 0 Å². The van der Waals surface area contributed by atoms with E-state index in [0.29, 0.717) is 23.8 Å². The molecular formula is C22H22N2O4. The molecule has 1 aromatic heterocycles. The summed E-state index contributed by atoms with van der Waals surface area (Å²) in [6, 6.07) is 13.4. The van der Waals surface area contributed by atoms with E-state index in [2.05, 4.69) is 10.3 Å². The van der Waals surface area contributed by atoms with Crippen LogP contribution in [0.1, 0.15) is 18.1 Å². The summed E-state index contributed by atoms with van der Waals surface area (Å²) < 4.78 is 16.0. The molecule has 0 aliphatic rings. The summed E-state index contributed by atoms with van der Waals surface area (Å²) in [6.07, 6.45) is 4.46. The molecule has 28 heavy (non-hydrogen) atoms. The molecule has 2 aromatic carbocycles. The van der Waals surface area contributed by atoms with Crippen molar-refractivity contribution in [2.24, 2.45) is 0 Å². The quantitative estimate of drug-likeness (QED) is 0.475. The van der Waals surface area contributed by atoms with Gasteiger partial charge in [-0.3, -0.25) is 0 Å². The normalized spacial score (nSPS) is 11.2. The van der Waals surface area contributed by atoms with Gasteiger partial charge in [-0.1, -0.05) is 24.3 Å². The molecule has 0 atom stereocenters. The van der Waals surface area contributed by atoms with E-state index in [-0.39, 0.29) is 0 Å². The largest absolute Gasteiger partial charge is 0.496 e. The number of ether oxygens (including phenoxy) is 2. The van der Waals surface area contributed by atoms with Gasteiger partial charge in [0.1, 0.15) is 5.75 Å². The molecule has 0 amide bonds. The first kappa shape index (κ1) is 19.2. The van der Waals surface area contributed by atoms with E-state index < -0.39 is 5.97 Å². The van der Waals surface area contributed by atoms with Crippen molar-refractivity contribution in [1.29, 1.82) is 0 Å². The summed E-state index contributed by atoms with van der Waals surface area (Å²) in [5.74, 6) is 0.838. The van der Waals surface area contributed by atoms with Gasteiger partial charge in [-0.05, 0) is 31.5 Å². The van der Waals surface area contributed by atoms with Gasteiger partial charge in [-0.2, -0.15) is 0 Å². The van der Waals surface area contributed by atoms with E-state index in [1.165, 1.54) is 12.5 Å². The molecule has 0 fully saturated rings. The van der Waals surface area contributed by atoms with Crippen LogP contribution in [0.15, 0.2) is 65.5 Å². The molecule has 1 N–H and O–H groups in total. The molecule has 1 heterocycles. The number of nitrogens with one attached hydrogen (secondary N) is 1. The Bertz CT molecular complexity index is 978. The lowest BCUT2D eigenvalue weighted by molar-refractivity contribution is -0.137. The predicted octanol–water partition coefficient (Wildman–Crippen LogP) is 4.67. The number of anilines is 1. The number of carbonyl (C=O) groups is 1. The summed E-state index contributed by atoms with van der Waals surface area (Å²) in [6.45, 7) is 4.08. The van der Waals surface area contributed by atoms with Crippen LogP contribution in [-0.2, 0) is 9.53 Å². The minimum absolute atomic E-state index is 0.316. The number of hydrogen-bond donors (Lipinski definition) is 1.